The van der Waals surface area contributed by atoms with Crippen LogP contribution >= 0.6 is 0 Å². The lowest BCUT2D eigenvalue weighted by molar-refractivity contribution is -0.148. The van der Waals surface area contributed by atoms with E-state index in [2.05, 4.69) is 4.90 Å². The molecule has 0 spiro atoms. The van der Waals surface area contributed by atoms with Gasteiger partial charge in [-0.2, -0.15) is 0 Å². The molecular formula is C19H24FN3O3. The molecule has 1 N–H and O–H groups in total. The summed E-state index contributed by atoms with van der Waals surface area (Å²) in [5.41, 5.74) is 0.0107. The normalized spacial score (nSPS) is 25.7. The maximum absolute atomic E-state index is 12.9. The number of carboxylic acid groups (broad SMARTS) is 1. The van der Waals surface area contributed by atoms with Crippen molar-refractivity contribution in [2.24, 2.45) is 11.3 Å². The third kappa shape index (κ3) is 3.44. The van der Waals surface area contributed by atoms with E-state index in [0.29, 0.717) is 26.2 Å². The van der Waals surface area contributed by atoms with Gasteiger partial charge in [-0.3, -0.25) is 9.69 Å². The average Bonchev–Trinajstić information content (AvgIpc) is 3.11. The number of carboxylic acids is 1. The van der Waals surface area contributed by atoms with Crippen LogP contribution in [-0.2, 0) is 4.79 Å². The van der Waals surface area contributed by atoms with Crippen molar-refractivity contribution in [1.82, 2.24) is 14.7 Å². The minimum Gasteiger partial charge on any atom is -0.481 e. The van der Waals surface area contributed by atoms with Gasteiger partial charge in [-0.15, -0.1) is 0 Å². The summed E-state index contributed by atoms with van der Waals surface area (Å²) in [6.45, 7) is 2.43. The quantitative estimate of drug-likeness (QED) is 0.889. The zero-order chi connectivity index (χ0) is 18.9. The Kier molecular flexibility index (Phi) is 5.00. The van der Waals surface area contributed by atoms with Gasteiger partial charge < -0.3 is 14.9 Å². The summed E-state index contributed by atoms with van der Waals surface area (Å²) in [5, 5.41) is 9.83. The van der Waals surface area contributed by atoms with Crippen LogP contribution in [0.1, 0.15) is 5.56 Å². The highest BCUT2D eigenvalue weighted by molar-refractivity contribution is 5.80. The number of halogens is 1. The van der Waals surface area contributed by atoms with Gasteiger partial charge in [0.05, 0.1) is 0 Å². The van der Waals surface area contributed by atoms with Crippen LogP contribution in [0.4, 0.5) is 9.18 Å². The molecular weight excluding hydrogens is 337 g/mol. The van der Waals surface area contributed by atoms with Crippen molar-refractivity contribution in [2.75, 3.05) is 46.8 Å². The highest BCUT2D eigenvalue weighted by Crippen LogP contribution is 2.43. The lowest BCUT2D eigenvalue weighted by Gasteiger charge is -2.26. The maximum Gasteiger partial charge on any atom is 0.319 e. The van der Waals surface area contributed by atoms with Gasteiger partial charge in [0.1, 0.15) is 11.2 Å². The van der Waals surface area contributed by atoms with E-state index in [9.17, 15) is 19.1 Å². The zero-order valence-electron chi connectivity index (χ0n) is 15.1. The van der Waals surface area contributed by atoms with Crippen molar-refractivity contribution in [3.8, 4) is 0 Å². The predicted octanol–water partition coefficient (Wildman–Crippen LogP) is 1.84. The first-order chi connectivity index (χ1) is 12.3. The van der Waals surface area contributed by atoms with Crippen LogP contribution in [0.5, 0.6) is 0 Å². The molecule has 0 aliphatic carbocycles. The van der Waals surface area contributed by atoms with E-state index in [1.807, 2.05) is 12.2 Å². The SMILES string of the molecule is CN(C)C(=O)N1C[C@@H]2CN(C/C=C/c3ccc(F)cc3)C[C@]2(C(=O)O)C1. The second-order valence-electron chi connectivity index (χ2n) is 7.36. The number of carbonyl (C=O) groups excluding carboxylic acids is 1. The summed E-state index contributed by atoms with van der Waals surface area (Å²) in [6.07, 6.45) is 3.87. The summed E-state index contributed by atoms with van der Waals surface area (Å²) < 4.78 is 12.9. The third-order valence-electron chi connectivity index (χ3n) is 5.30. The number of benzene rings is 1. The van der Waals surface area contributed by atoms with Crippen LogP contribution in [0.3, 0.4) is 0 Å². The van der Waals surface area contributed by atoms with E-state index >= 15 is 0 Å². The number of aliphatic carboxylic acids is 1. The lowest BCUT2D eigenvalue weighted by atomic mass is 9.81. The summed E-state index contributed by atoms with van der Waals surface area (Å²) >= 11 is 0. The lowest BCUT2D eigenvalue weighted by Crippen LogP contribution is -2.44. The number of rotatable bonds is 4. The number of nitrogens with zero attached hydrogens (tertiary/aromatic N) is 3. The molecule has 2 atom stereocenters. The second kappa shape index (κ2) is 7.07. The zero-order valence-corrected chi connectivity index (χ0v) is 15.1. The molecule has 140 valence electrons. The topological polar surface area (TPSA) is 64.1 Å². The third-order valence-corrected chi connectivity index (χ3v) is 5.30. The standard InChI is InChI=1S/C19H24FN3O3/c1-21(2)18(26)23-11-15-10-22(12-19(15,13-23)17(24)25)9-3-4-14-5-7-16(20)8-6-14/h3-8,15H,9-13H2,1-2H3,(H,24,25)/b4-3+/t15-,19-/m0/s1. The van der Waals surface area contributed by atoms with Gasteiger partial charge in [0.25, 0.3) is 0 Å². The fourth-order valence-corrected chi connectivity index (χ4v) is 3.95. The summed E-state index contributed by atoms with van der Waals surface area (Å²) in [4.78, 5) is 29.4. The number of hydrogen-bond acceptors (Lipinski definition) is 3. The number of hydrogen-bond donors (Lipinski definition) is 1. The maximum atomic E-state index is 12.9. The molecule has 0 saturated carbocycles. The molecule has 1 aromatic carbocycles. The molecule has 2 fully saturated rings. The fraction of sp³-hybridized carbons (Fsp3) is 0.474. The van der Waals surface area contributed by atoms with Crippen LogP contribution in [0.25, 0.3) is 6.08 Å². The molecule has 0 unspecified atom stereocenters. The first kappa shape index (κ1) is 18.4. The molecule has 0 radical (unpaired) electrons. The van der Waals surface area contributed by atoms with Gasteiger partial charge in [-0.1, -0.05) is 24.3 Å². The molecule has 7 heteroatoms. The van der Waals surface area contributed by atoms with Crippen LogP contribution in [0.15, 0.2) is 30.3 Å². The van der Waals surface area contributed by atoms with E-state index in [0.717, 1.165) is 5.56 Å². The highest BCUT2D eigenvalue weighted by atomic mass is 19.1. The van der Waals surface area contributed by atoms with Crippen molar-refractivity contribution in [2.45, 2.75) is 0 Å². The Morgan fingerprint density at radius 2 is 1.96 bits per heavy atom. The Labute approximate surface area is 152 Å². The Balaban J connectivity index is 1.64. The number of urea groups is 1. The van der Waals surface area contributed by atoms with Gasteiger partial charge in [-0.25, -0.2) is 9.18 Å². The molecule has 1 aromatic rings. The van der Waals surface area contributed by atoms with Crippen molar-refractivity contribution in [3.05, 3.63) is 41.7 Å². The Morgan fingerprint density at radius 1 is 1.27 bits per heavy atom. The fourth-order valence-electron chi connectivity index (χ4n) is 3.95. The van der Waals surface area contributed by atoms with Crippen molar-refractivity contribution < 1.29 is 19.1 Å². The van der Waals surface area contributed by atoms with Crippen LogP contribution in [-0.4, -0.2) is 78.6 Å². The Hall–Kier alpha value is -2.41. The van der Waals surface area contributed by atoms with Crippen molar-refractivity contribution >= 4 is 18.1 Å². The van der Waals surface area contributed by atoms with Gasteiger partial charge in [0, 0.05) is 52.7 Å². The second-order valence-corrected chi connectivity index (χ2v) is 7.36. The first-order valence-electron chi connectivity index (χ1n) is 8.66. The van der Waals surface area contributed by atoms with Gasteiger partial charge in [-0.05, 0) is 17.7 Å². The molecule has 3 rings (SSSR count). The largest absolute Gasteiger partial charge is 0.481 e. The molecule has 2 aliphatic heterocycles. The summed E-state index contributed by atoms with van der Waals surface area (Å²) in [7, 11) is 3.35. The van der Waals surface area contributed by atoms with Gasteiger partial charge >= 0.3 is 12.0 Å². The minimum atomic E-state index is -0.893. The first-order valence-corrected chi connectivity index (χ1v) is 8.66. The molecule has 26 heavy (non-hydrogen) atoms. The van der Waals surface area contributed by atoms with E-state index in [-0.39, 0.29) is 24.3 Å². The molecule has 2 amide bonds. The van der Waals surface area contributed by atoms with Crippen LogP contribution in [0, 0.1) is 17.2 Å². The molecule has 2 aliphatic rings. The minimum absolute atomic E-state index is 0.0666. The smallest absolute Gasteiger partial charge is 0.319 e. The number of carbonyl (C=O) groups is 2. The van der Waals surface area contributed by atoms with Gasteiger partial charge in [0.2, 0.25) is 0 Å². The number of fused-ring (bicyclic) bond motifs is 1. The monoisotopic (exact) mass is 361 g/mol. The summed E-state index contributed by atoms with van der Waals surface area (Å²) in [6, 6.07) is 6.09. The molecule has 2 heterocycles. The van der Waals surface area contributed by atoms with Crippen molar-refractivity contribution in [3.63, 3.8) is 0 Å². The van der Waals surface area contributed by atoms with E-state index in [4.69, 9.17) is 0 Å². The Morgan fingerprint density at radius 3 is 2.54 bits per heavy atom. The molecule has 0 bridgehead atoms. The molecule has 0 aromatic heterocycles. The number of amides is 2. The number of likely N-dealkylation sites (tertiary alicyclic amines) is 2. The predicted molar refractivity (Wildman–Crippen MR) is 96.1 cm³/mol. The van der Waals surface area contributed by atoms with Crippen LogP contribution in [0.2, 0.25) is 0 Å². The molecule has 6 nitrogen and oxygen atoms in total. The average molecular weight is 361 g/mol. The van der Waals surface area contributed by atoms with E-state index < -0.39 is 11.4 Å². The van der Waals surface area contributed by atoms with Crippen molar-refractivity contribution in [1.29, 1.82) is 0 Å². The van der Waals surface area contributed by atoms with E-state index in [1.165, 1.54) is 17.0 Å². The Bertz CT molecular complexity index is 719. The summed E-state index contributed by atoms with van der Waals surface area (Å²) in [5.74, 6) is -1.17. The van der Waals surface area contributed by atoms with E-state index in [1.54, 1.807) is 31.1 Å². The van der Waals surface area contributed by atoms with Crippen LogP contribution < -0.4 is 0 Å². The molecule has 2 saturated heterocycles. The van der Waals surface area contributed by atoms with Gasteiger partial charge in [0.15, 0.2) is 0 Å². The highest BCUT2D eigenvalue weighted by Gasteiger charge is 2.58.